The van der Waals surface area contributed by atoms with Crippen molar-refractivity contribution in [3.63, 3.8) is 0 Å². The number of carbonyl (C=O) groups is 2. The Morgan fingerprint density at radius 1 is 1.15 bits per heavy atom. The number of hydrogen-bond donors (Lipinski definition) is 1. The maximum atomic E-state index is 12.9. The molecule has 5 rings (SSSR count). The number of benzene rings is 1. The fourth-order valence-corrected chi connectivity index (χ4v) is 6.51. The van der Waals surface area contributed by atoms with Crippen molar-refractivity contribution in [2.45, 2.75) is 63.2 Å². The highest BCUT2D eigenvalue weighted by molar-refractivity contribution is 6.24. The van der Waals surface area contributed by atoms with Crippen molar-refractivity contribution < 1.29 is 14.3 Å². The molecule has 1 aromatic rings. The summed E-state index contributed by atoms with van der Waals surface area (Å²) in [5, 5.41) is 2.80. The fourth-order valence-electron chi connectivity index (χ4n) is 5.82. The topological polar surface area (TPSA) is 55.4 Å². The summed E-state index contributed by atoms with van der Waals surface area (Å²) in [6.45, 7) is 4.02. The summed E-state index contributed by atoms with van der Waals surface area (Å²) < 4.78 is 5.46. The average Bonchev–Trinajstić information content (AvgIpc) is 2.58. The van der Waals surface area contributed by atoms with Crippen LogP contribution >= 0.6 is 11.6 Å². The van der Waals surface area contributed by atoms with Crippen molar-refractivity contribution in [1.29, 1.82) is 0 Å². The first-order valence-corrected chi connectivity index (χ1v) is 10.4. The Balaban J connectivity index is 1.33. The predicted octanol–water partition coefficient (Wildman–Crippen LogP) is 4.87. The second kappa shape index (κ2) is 6.80. The first-order valence-electron chi connectivity index (χ1n) is 10.0. The maximum Gasteiger partial charge on any atom is 0.312 e. The van der Waals surface area contributed by atoms with Gasteiger partial charge < -0.3 is 10.1 Å². The van der Waals surface area contributed by atoms with Crippen LogP contribution in [0.25, 0.3) is 0 Å². The van der Waals surface area contributed by atoms with Crippen LogP contribution in [-0.4, -0.2) is 23.4 Å². The number of ether oxygens (including phenoxy) is 1. The Morgan fingerprint density at radius 3 is 2.33 bits per heavy atom. The number of halogens is 1. The summed E-state index contributed by atoms with van der Waals surface area (Å²) in [6, 6.07) is 7.76. The van der Waals surface area contributed by atoms with Gasteiger partial charge in [-0.05, 0) is 74.0 Å². The Hall–Kier alpha value is -1.55. The van der Waals surface area contributed by atoms with Gasteiger partial charge in [0.15, 0.2) is 6.61 Å². The molecule has 0 heterocycles. The number of anilines is 1. The first kappa shape index (κ1) is 18.8. The molecule has 146 valence electrons. The molecule has 4 bridgehead atoms. The Kier molecular flexibility index (Phi) is 4.74. The fraction of sp³-hybridized carbons (Fsp3) is 0.636. The van der Waals surface area contributed by atoms with Crippen LogP contribution in [0.3, 0.4) is 0 Å². The van der Waals surface area contributed by atoms with Crippen molar-refractivity contribution in [3.05, 3.63) is 29.8 Å². The summed E-state index contributed by atoms with van der Waals surface area (Å²) in [6.07, 6.45) is 5.67. The van der Waals surface area contributed by atoms with Crippen LogP contribution < -0.4 is 5.32 Å². The molecule has 0 aromatic heterocycles. The molecular formula is C22H28ClNO3. The van der Waals surface area contributed by atoms with Crippen LogP contribution in [0.15, 0.2) is 24.3 Å². The lowest BCUT2D eigenvalue weighted by molar-refractivity contribution is -0.171. The van der Waals surface area contributed by atoms with E-state index in [1.807, 2.05) is 24.3 Å². The monoisotopic (exact) mass is 389 g/mol. The molecule has 4 aliphatic rings. The molecule has 1 aromatic carbocycles. The molecular weight excluding hydrogens is 362 g/mol. The van der Waals surface area contributed by atoms with E-state index >= 15 is 0 Å². The smallest absolute Gasteiger partial charge is 0.312 e. The average molecular weight is 390 g/mol. The van der Waals surface area contributed by atoms with Crippen molar-refractivity contribution in [3.8, 4) is 0 Å². The third kappa shape index (κ3) is 3.73. The normalized spacial score (nSPS) is 33.9. The molecule has 0 radical (unpaired) electrons. The van der Waals surface area contributed by atoms with Gasteiger partial charge >= 0.3 is 5.97 Å². The SMILES string of the molecule is CC(C)c1ccc(NC(=O)COC(=O)C23C[C@@H]4C[C@@H](CC(Cl)(C4)C2)C3)cc1. The molecule has 1 N–H and O–H groups in total. The highest BCUT2D eigenvalue weighted by atomic mass is 35.5. The molecule has 4 saturated carbocycles. The number of hydrogen-bond acceptors (Lipinski definition) is 3. The minimum absolute atomic E-state index is 0.230. The molecule has 27 heavy (non-hydrogen) atoms. The van der Waals surface area contributed by atoms with E-state index in [-0.39, 0.29) is 23.4 Å². The maximum absolute atomic E-state index is 12.9. The number of nitrogens with one attached hydrogen (secondary N) is 1. The second-order valence-electron chi connectivity index (χ2n) is 9.29. The molecule has 0 aliphatic heterocycles. The van der Waals surface area contributed by atoms with Gasteiger partial charge in [-0.3, -0.25) is 9.59 Å². The highest BCUT2D eigenvalue weighted by Crippen LogP contribution is 2.64. The summed E-state index contributed by atoms with van der Waals surface area (Å²) in [4.78, 5) is 24.8. The quantitative estimate of drug-likeness (QED) is 0.577. The van der Waals surface area contributed by atoms with Crippen molar-refractivity contribution in [2.24, 2.45) is 17.3 Å². The van der Waals surface area contributed by atoms with Crippen molar-refractivity contribution in [1.82, 2.24) is 0 Å². The van der Waals surface area contributed by atoms with E-state index in [1.54, 1.807) is 0 Å². The molecule has 5 heteroatoms. The third-order valence-electron chi connectivity index (χ3n) is 6.62. The largest absolute Gasteiger partial charge is 0.455 e. The molecule has 0 saturated heterocycles. The van der Waals surface area contributed by atoms with E-state index in [9.17, 15) is 9.59 Å². The van der Waals surface area contributed by atoms with E-state index in [0.29, 0.717) is 24.2 Å². The van der Waals surface area contributed by atoms with Crippen LogP contribution in [0, 0.1) is 17.3 Å². The van der Waals surface area contributed by atoms with Gasteiger partial charge in [-0.1, -0.05) is 26.0 Å². The predicted molar refractivity (Wildman–Crippen MR) is 106 cm³/mol. The summed E-state index contributed by atoms with van der Waals surface area (Å²) in [5.41, 5.74) is 1.47. The van der Waals surface area contributed by atoms with E-state index in [1.165, 1.54) is 12.0 Å². The minimum atomic E-state index is -0.467. The lowest BCUT2D eigenvalue weighted by Crippen LogP contribution is -2.56. The Morgan fingerprint density at radius 2 is 1.78 bits per heavy atom. The van der Waals surface area contributed by atoms with Crippen LogP contribution in [-0.2, 0) is 14.3 Å². The van der Waals surface area contributed by atoms with Gasteiger partial charge in [-0.15, -0.1) is 11.6 Å². The number of amides is 1. The third-order valence-corrected chi connectivity index (χ3v) is 7.06. The zero-order chi connectivity index (χ0) is 19.2. The van der Waals surface area contributed by atoms with Gasteiger partial charge in [0.05, 0.1) is 5.41 Å². The number of carbonyl (C=O) groups excluding carboxylic acids is 2. The Bertz CT molecular complexity index is 728. The minimum Gasteiger partial charge on any atom is -0.455 e. The lowest BCUT2D eigenvalue weighted by atomic mass is 9.49. The molecule has 4 aliphatic carbocycles. The molecule has 4 atom stereocenters. The molecule has 0 spiro atoms. The van der Waals surface area contributed by atoms with E-state index in [4.69, 9.17) is 16.3 Å². The van der Waals surface area contributed by atoms with Crippen LogP contribution in [0.5, 0.6) is 0 Å². The zero-order valence-corrected chi connectivity index (χ0v) is 16.8. The number of rotatable bonds is 5. The first-order chi connectivity index (χ1) is 12.8. The van der Waals surface area contributed by atoms with Gasteiger partial charge in [0.1, 0.15) is 0 Å². The summed E-state index contributed by atoms with van der Waals surface area (Å²) in [7, 11) is 0. The molecule has 4 fully saturated rings. The van der Waals surface area contributed by atoms with Gasteiger partial charge in [0.2, 0.25) is 0 Å². The van der Waals surface area contributed by atoms with Crippen LogP contribution in [0.2, 0.25) is 0 Å². The van der Waals surface area contributed by atoms with E-state index < -0.39 is 5.41 Å². The lowest BCUT2D eigenvalue weighted by Gasteiger charge is -2.58. The number of esters is 1. The van der Waals surface area contributed by atoms with Crippen molar-refractivity contribution in [2.75, 3.05) is 11.9 Å². The number of alkyl halides is 1. The van der Waals surface area contributed by atoms with Crippen molar-refractivity contribution >= 4 is 29.2 Å². The second-order valence-corrected chi connectivity index (χ2v) is 10.1. The molecule has 1 amide bonds. The Labute approximate surface area is 166 Å². The summed E-state index contributed by atoms with van der Waals surface area (Å²) >= 11 is 6.78. The molecule has 4 nitrogen and oxygen atoms in total. The zero-order valence-electron chi connectivity index (χ0n) is 16.1. The van der Waals surface area contributed by atoms with Crippen LogP contribution in [0.4, 0.5) is 5.69 Å². The van der Waals surface area contributed by atoms with Gasteiger partial charge in [-0.25, -0.2) is 0 Å². The van der Waals surface area contributed by atoms with Gasteiger partial charge in [-0.2, -0.15) is 0 Å². The van der Waals surface area contributed by atoms with Gasteiger partial charge in [0.25, 0.3) is 5.91 Å². The highest BCUT2D eigenvalue weighted by Gasteiger charge is 2.60. The van der Waals surface area contributed by atoms with E-state index in [0.717, 1.165) is 31.4 Å². The van der Waals surface area contributed by atoms with E-state index in [2.05, 4.69) is 19.2 Å². The summed E-state index contributed by atoms with van der Waals surface area (Å²) in [5.74, 6) is 0.980. The standard InChI is InChI=1S/C22H28ClNO3/c1-14(2)17-3-5-18(6-4-17)24-19(25)12-27-20(26)21-8-15-7-16(9-21)11-22(23,10-15)13-21/h3-6,14-16H,7-13H2,1-2H3,(H,24,25)/t15-,16+,21?,22?. The van der Waals surface area contributed by atoms with Crippen LogP contribution in [0.1, 0.15) is 63.9 Å². The van der Waals surface area contributed by atoms with Gasteiger partial charge in [0, 0.05) is 10.6 Å². The molecule has 2 unspecified atom stereocenters.